The zero-order valence-electron chi connectivity index (χ0n) is 13.4. The Morgan fingerprint density at radius 3 is 2.38 bits per heavy atom. The Morgan fingerprint density at radius 2 is 1.62 bits per heavy atom. The van der Waals surface area contributed by atoms with Gasteiger partial charge >= 0.3 is 0 Å². The topological polar surface area (TPSA) is 59.1 Å². The lowest BCUT2D eigenvalue weighted by Gasteiger charge is -2.12. The van der Waals surface area contributed by atoms with Gasteiger partial charge in [-0.1, -0.05) is 24.3 Å². The Labute approximate surface area is 139 Å². The van der Waals surface area contributed by atoms with Gasteiger partial charge in [-0.25, -0.2) is 9.37 Å². The molecule has 0 aliphatic carbocycles. The number of rotatable bonds is 5. The number of nitrogens with zero attached hydrogens (tertiary/aromatic N) is 2. The van der Waals surface area contributed by atoms with E-state index in [-0.39, 0.29) is 5.82 Å². The van der Waals surface area contributed by atoms with Crippen molar-refractivity contribution in [2.24, 2.45) is 0 Å². The molecule has 0 aliphatic heterocycles. The quantitative estimate of drug-likeness (QED) is 0.727. The van der Waals surface area contributed by atoms with Crippen LogP contribution in [0.2, 0.25) is 0 Å². The van der Waals surface area contributed by atoms with E-state index in [2.05, 4.69) is 20.6 Å². The molecule has 6 heteroatoms. The smallest absolute Gasteiger partial charge is 0.229 e. The van der Waals surface area contributed by atoms with Gasteiger partial charge in [0.25, 0.3) is 0 Å². The van der Waals surface area contributed by atoms with Crippen LogP contribution in [0.5, 0.6) is 5.75 Å². The SMILES string of the molecule is COc1ccccc1Nc1cc(C)nc(Nc2ccccc2F)n1. The van der Waals surface area contributed by atoms with E-state index in [9.17, 15) is 4.39 Å². The predicted octanol–water partition coefficient (Wildman–Crippen LogP) is 4.42. The maximum atomic E-state index is 13.8. The minimum Gasteiger partial charge on any atom is -0.495 e. The zero-order chi connectivity index (χ0) is 16.9. The van der Waals surface area contributed by atoms with Gasteiger partial charge in [0.1, 0.15) is 17.4 Å². The maximum Gasteiger partial charge on any atom is 0.229 e. The second-order valence-corrected chi connectivity index (χ2v) is 5.15. The number of hydrogen-bond donors (Lipinski definition) is 2. The zero-order valence-corrected chi connectivity index (χ0v) is 13.4. The molecule has 0 saturated carbocycles. The largest absolute Gasteiger partial charge is 0.495 e. The van der Waals surface area contributed by atoms with Crippen molar-refractivity contribution in [3.63, 3.8) is 0 Å². The molecule has 3 aromatic rings. The fourth-order valence-corrected chi connectivity index (χ4v) is 2.26. The lowest BCUT2D eigenvalue weighted by atomic mass is 10.3. The fraction of sp³-hybridized carbons (Fsp3) is 0.111. The number of anilines is 4. The molecular weight excluding hydrogens is 307 g/mol. The van der Waals surface area contributed by atoms with E-state index in [4.69, 9.17) is 4.74 Å². The number of halogens is 1. The summed E-state index contributed by atoms with van der Waals surface area (Å²) in [6.07, 6.45) is 0. The van der Waals surface area contributed by atoms with Crippen LogP contribution in [0.15, 0.2) is 54.6 Å². The average molecular weight is 324 g/mol. The van der Waals surface area contributed by atoms with Crippen LogP contribution in [0.1, 0.15) is 5.69 Å². The molecule has 0 atom stereocenters. The van der Waals surface area contributed by atoms with E-state index >= 15 is 0 Å². The molecule has 0 bridgehead atoms. The van der Waals surface area contributed by atoms with Crippen LogP contribution in [0.25, 0.3) is 0 Å². The molecule has 2 aromatic carbocycles. The van der Waals surface area contributed by atoms with Gasteiger partial charge in [0, 0.05) is 11.8 Å². The van der Waals surface area contributed by atoms with Crippen molar-refractivity contribution in [1.82, 2.24) is 9.97 Å². The summed E-state index contributed by atoms with van der Waals surface area (Å²) >= 11 is 0. The predicted molar refractivity (Wildman–Crippen MR) is 92.7 cm³/mol. The van der Waals surface area contributed by atoms with Crippen LogP contribution in [-0.4, -0.2) is 17.1 Å². The Morgan fingerprint density at radius 1 is 0.917 bits per heavy atom. The molecule has 0 unspecified atom stereocenters. The molecule has 2 N–H and O–H groups in total. The number of methoxy groups -OCH3 is 1. The summed E-state index contributed by atoms with van der Waals surface area (Å²) < 4.78 is 19.1. The normalized spacial score (nSPS) is 10.3. The summed E-state index contributed by atoms with van der Waals surface area (Å²) in [5, 5.41) is 6.09. The second-order valence-electron chi connectivity index (χ2n) is 5.15. The molecule has 0 saturated heterocycles. The van der Waals surface area contributed by atoms with Crippen molar-refractivity contribution in [2.45, 2.75) is 6.92 Å². The highest BCUT2D eigenvalue weighted by Gasteiger charge is 2.08. The summed E-state index contributed by atoms with van der Waals surface area (Å²) in [6.45, 7) is 1.85. The van der Waals surface area contributed by atoms with Crippen LogP contribution < -0.4 is 15.4 Å². The molecule has 1 aromatic heterocycles. The summed E-state index contributed by atoms with van der Waals surface area (Å²) in [6, 6.07) is 15.7. The summed E-state index contributed by atoms with van der Waals surface area (Å²) in [4.78, 5) is 8.68. The third-order valence-corrected chi connectivity index (χ3v) is 3.34. The van der Waals surface area contributed by atoms with Gasteiger partial charge < -0.3 is 15.4 Å². The van der Waals surface area contributed by atoms with Crippen molar-refractivity contribution in [1.29, 1.82) is 0 Å². The Balaban J connectivity index is 1.88. The minimum atomic E-state index is -0.359. The Hall–Kier alpha value is -3.15. The monoisotopic (exact) mass is 324 g/mol. The van der Waals surface area contributed by atoms with Crippen molar-refractivity contribution in [3.05, 3.63) is 66.1 Å². The highest BCUT2D eigenvalue weighted by atomic mass is 19.1. The molecule has 0 fully saturated rings. The standard InChI is InChI=1S/C18H17FN4O/c1-12-11-17(21-15-9-5-6-10-16(15)24-2)23-18(20-12)22-14-8-4-3-7-13(14)19/h3-11H,1-2H3,(H2,20,21,22,23). The number of aryl methyl sites for hydroxylation is 1. The highest BCUT2D eigenvalue weighted by Crippen LogP contribution is 2.27. The number of hydrogen-bond acceptors (Lipinski definition) is 5. The summed E-state index contributed by atoms with van der Waals surface area (Å²) in [5.41, 5.74) is 1.86. The van der Waals surface area contributed by atoms with Crippen LogP contribution >= 0.6 is 0 Å². The van der Waals surface area contributed by atoms with Crippen molar-refractivity contribution in [2.75, 3.05) is 17.7 Å². The molecule has 0 amide bonds. The van der Waals surface area contributed by atoms with Crippen molar-refractivity contribution in [3.8, 4) is 5.75 Å². The van der Waals surface area contributed by atoms with Crippen LogP contribution in [-0.2, 0) is 0 Å². The van der Waals surface area contributed by atoms with E-state index in [0.717, 1.165) is 11.4 Å². The molecule has 24 heavy (non-hydrogen) atoms. The molecule has 122 valence electrons. The maximum absolute atomic E-state index is 13.8. The van der Waals surface area contributed by atoms with Gasteiger partial charge in [0.2, 0.25) is 5.95 Å². The number of aromatic nitrogens is 2. The van der Waals surface area contributed by atoms with E-state index in [1.807, 2.05) is 31.2 Å². The number of para-hydroxylation sites is 3. The van der Waals surface area contributed by atoms with Gasteiger partial charge in [-0.15, -0.1) is 0 Å². The molecule has 0 spiro atoms. The third-order valence-electron chi connectivity index (χ3n) is 3.34. The lowest BCUT2D eigenvalue weighted by Crippen LogP contribution is -2.04. The lowest BCUT2D eigenvalue weighted by molar-refractivity contribution is 0.417. The average Bonchev–Trinajstić information content (AvgIpc) is 2.57. The first-order chi connectivity index (χ1) is 11.7. The van der Waals surface area contributed by atoms with Gasteiger partial charge in [-0.3, -0.25) is 0 Å². The van der Waals surface area contributed by atoms with Crippen LogP contribution in [0, 0.1) is 12.7 Å². The second kappa shape index (κ2) is 6.95. The first-order valence-electron chi connectivity index (χ1n) is 7.43. The third kappa shape index (κ3) is 3.60. The van der Waals surface area contributed by atoms with Crippen LogP contribution in [0.3, 0.4) is 0 Å². The minimum absolute atomic E-state index is 0.317. The van der Waals surface area contributed by atoms with Gasteiger partial charge in [0.05, 0.1) is 18.5 Å². The molecule has 5 nitrogen and oxygen atoms in total. The first-order valence-corrected chi connectivity index (χ1v) is 7.43. The van der Waals surface area contributed by atoms with Gasteiger partial charge in [-0.2, -0.15) is 4.98 Å². The Bertz CT molecular complexity index is 854. The highest BCUT2D eigenvalue weighted by molar-refractivity contribution is 5.65. The molecule has 1 heterocycles. The number of nitrogens with one attached hydrogen (secondary N) is 2. The molecule has 0 aliphatic rings. The molecular formula is C18H17FN4O. The number of benzene rings is 2. The van der Waals surface area contributed by atoms with E-state index in [1.54, 1.807) is 31.4 Å². The van der Waals surface area contributed by atoms with E-state index in [1.165, 1.54) is 6.07 Å². The fourth-order valence-electron chi connectivity index (χ4n) is 2.26. The molecule has 3 rings (SSSR count). The van der Waals surface area contributed by atoms with Crippen molar-refractivity contribution < 1.29 is 9.13 Å². The number of ether oxygens (including phenoxy) is 1. The van der Waals surface area contributed by atoms with Gasteiger partial charge in [0.15, 0.2) is 0 Å². The van der Waals surface area contributed by atoms with E-state index in [0.29, 0.717) is 23.2 Å². The molecule has 0 radical (unpaired) electrons. The summed E-state index contributed by atoms with van der Waals surface area (Å²) in [5.74, 6) is 1.25. The summed E-state index contributed by atoms with van der Waals surface area (Å²) in [7, 11) is 1.61. The van der Waals surface area contributed by atoms with E-state index < -0.39 is 0 Å². The van der Waals surface area contributed by atoms with Crippen LogP contribution in [0.4, 0.5) is 27.5 Å². The Kier molecular flexibility index (Phi) is 4.56. The van der Waals surface area contributed by atoms with Gasteiger partial charge in [-0.05, 0) is 31.2 Å². The van der Waals surface area contributed by atoms with Crippen molar-refractivity contribution >= 4 is 23.1 Å². The first kappa shape index (κ1) is 15.7.